The number of ether oxygens (including phenoxy) is 2. The van der Waals surface area contributed by atoms with Crippen molar-refractivity contribution in [2.45, 2.75) is 44.4 Å². The molecule has 0 aromatic carbocycles. The van der Waals surface area contributed by atoms with Gasteiger partial charge >= 0.3 is 0 Å². The topological polar surface area (TPSA) is 48.3 Å². The van der Waals surface area contributed by atoms with Crippen molar-refractivity contribution in [3.63, 3.8) is 0 Å². The molecule has 2 unspecified atom stereocenters. The van der Waals surface area contributed by atoms with Gasteiger partial charge in [0.2, 0.25) is 0 Å². The Morgan fingerprint density at radius 1 is 1.33 bits per heavy atom. The summed E-state index contributed by atoms with van der Waals surface area (Å²) < 4.78 is 13.0. The first-order valence-corrected chi connectivity index (χ1v) is 6.88. The summed E-state index contributed by atoms with van der Waals surface area (Å²) >= 11 is 0. The minimum absolute atomic E-state index is 0.343. The first kappa shape index (κ1) is 12.0. The number of hydrogen-bond acceptors (Lipinski definition) is 4. The molecule has 18 heavy (non-hydrogen) atoms. The highest BCUT2D eigenvalue weighted by atomic mass is 16.5. The summed E-state index contributed by atoms with van der Waals surface area (Å²) in [6, 6.07) is 0.430. The van der Waals surface area contributed by atoms with Crippen LogP contribution < -0.4 is 5.32 Å². The summed E-state index contributed by atoms with van der Waals surface area (Å²) in [5, 5.41) is 7.86. The molecule has 0 spiro atoms. The lowest BCUT2D eigenvalue weighted by atomic mass is 10.1. The third-order valence-electron chi connectivity index (χ3n) is 3.58. The maximum atomic E-state index is 5.61. The highest BCUT2D eigenvalue weighted by Gasteiger charge is 2.17. The average molecular weight is 251 g/mol. The molecular weight excluding hydrogens is 230 g/mol. The number of anilines is 1. The monoisotopic (exact) mass is 251 g/mol. The fourth-order valence-corrected chi connectivity index (χ4v) is 2.63. The highest BCUT2D eigenvalue weighted by Crippen LogP contribution is 2.16. The summed E-state index contributed by atoms with van der Waals surface area (Å²) in [4.78, 5) is 0. The summed E-state index contributed by atoms with van der Waals surface area (Å²) in [5.74, 6) is 0. The van der Waals surface area contributed by atoms with E-state index in [9.17, 15) is 0 Å². The summed E-state index contributed by atoms with van der Waals surface area (Å²) in [6.07, 6.45) is 8.95. The van der Waals surface area contributed by atoms with Gasteiger partial charge in [-0.2, -0.15) is 5.10 Å². The Labute approximate surface area is 107 Å². The molecule has 0 radical (unpaired) electrons. The van der Waals surface area contributed by atoms with Crippen LogP contribution in [0.2, 0.25) is 0 Å². The smallest absolute Gasteiger partial charge is 0.0771 e. The Morgan fingerprint density at radius 3 is 3.06 bits per heavy atom. The van der Waals surface area contributed by atoms with E-state index < -0.39 is 0 Å². The fraction of sp³-hybridized carbons (Fsp3) is 0.769. The number of rotatable bonds is 4. The van der Waals surface area contributed by atoms with Gasteiger partial charge in [0.15, 0.2) is 0 Å². The van der Waals surface area contributed by atoms with Crippen LogP contribution >= 0.6 is 0 Å². The molecule has 2 atom stereocenters. The van der Waals surface area contributed by atoms with Crippen LogP contribution in [0.25, 0.3) is 0 Å². The number of aromatic nitrogens is 2. The normalized spacial score (nSPS) is 28.4. The van der Waals surface area contributed by atoms with Crippen molar-refractivity contribution in [2.24, 2.45) is 0 Å². The molecule has 1 aromatic rings. The molecule has 2 saturated heterocycles. The molecule has 1 aromatic heterocycles. The number of hydrogen-bond donors (Lipinski definition) is 1. The minimum atomic E-state index is 0.343. The molecule has 1 N–H and O–H groups in total. The maximum Gasteiger partial charge on any atom is 0.0771 e. The fourth-order valence-electron chi connectivity index (χ4n) is 2.63. The molecule has 0 aliphatic carbocycles. The van der Waals surface area contributed by atoms with E-state index in [4.69, 9.17) is 9.47 Å². The van der Waals surface area contributed by atoms with E-state index in [1.54, 1.807) is 0 Å². The average Bonchev–Trinajstić information content (AvgIpc) is 3.03. The molecule has 2 aliphatic heterocycles. The molecule has 100 valence electrons. The number of nitrogens with zero attached hydrogens (tertiary/aromatic N) is 2. The van der Waals surface area contributed by atoms with Crippen molar-refractivity contribution in [1.29, 1.82) is 0 Å². The van der Waals surface area contributed by atoms with Crippen molar-refractivity contribution in [1.82, 2.24) is 9.78 Å². The van der Waals surface area contributed by atoms with Crippen molar-refractivity contribution < 1.29 is 9.47 Å². The van der Waals surface area contributed by atoms with Gasteiger partial charge in [0.05, 0.1) is 31.1 Å². The largest absolute Gasteiger partial charge is 0.379 e. The first-order valence-electron chi connectivity index (χ1n) is 6.88. The van der Waals surface area contributed by atoms with Crippen LogP contribution in [0.5, 0.6) is 0 Å². The van der Waals surface area contributed by atoms with Gasteiger partial charge in [0.25, 0.3) is 0 Å². The summed E-state index contributed by atoms with van der Waals surface area (Å²) in [7, 11) is 0. The lowest BCUT2D eigenvalue weighted by molar-refractivity contribution is 0.0875. The minimum Gasteiger partial charge on any atom is -0.379 e. The Hall–Kier alpha value is -1.07. The van der Waals surface area contributed by atoms with Crippen molar-refractivity contribution in [2.75, 3.05) is 25.1 Å². The van der Waals surface area contributed by atoms with Crippen molar-refractivity contribution >= 4 is 5.69 Å². The standard InChI is InChI=1S/C13H21N3O2/c1-3-11(10-17-5-1)15-12-7-14-16(8-12)9-13-4-2-6-18-13/h7-8,11,13,15H,1-6,9-10H2. The van der Waals surface area contributed by atoms with Crippen LogP contribution in [0, 0.1) is 0 Å². The van der Waals surface area contributed by atoms with E-state index in [0.717, 1.165) is 44.9 Å². The predicted octanol–water partition coefficient (Wildman–Crippen LogP) is 1.65. The lowest BCUT2D eigenvalue weighted by Crippen LogP contribution is -2.29. The van der Waals surface area contributed by atoms with Crippen molar-refractivity contribution in [3.8, 4) is 0 Å². The molecule has 5 nitrogen and oxygen atoms in total. The zero-order valence-corrected chi connectivity index (χ0v) is 10.7. The van der Waals surface area contributed by atoms with Crippen molar-refractivity contribution in [3.05, 3.63) is 12.4 Å². The maximum absolute atomic E-state index is 5.61. The third-order valence-corrected chi connectivity index (χ3v) is 3.58. The van der Waals surface area contributed by atoms with Gasteiger partial charge in [0, 0.05) is 25.5 Å². The summed E-state index contributed by atoms with van der Waals surface area (Å²) in [5.41, 5.74) is 1.09. The second-order valence-corrected chi connectivity index (χ2v) is 5.14. The molecule has 0 bridgehead atoms. The molecular formula is C13H21N3O2. The second kappa shape index (κ2) is 5.71. The molecule has 3 heterocycles. The van der Waals surface area contributed by atoms with E-state index in [1.807, 2.05) is 10.9 Å². The van der Waals surface area contributed by atoms with Gasteiger partial charge in [-0.05, 0) is 25.7 Å². The highest BCUT2D eigenvalue weighted by molar-refractivity contribution is 5.39. The number of nitrogens with one attached hydrogen (secondary N) is 1. The molecule has 2 fully saturated rings. The van der Waals surface area contributed by atoms with Crippen LogP contribution in [0.3, 0.4) is 0 Å². The van der Waals surface area contributed by atoms with Gasteiger partial charge in [-0.1, -0.05) is 0 Å². The van der Waals surface area contributed by atoms with E-state index in [2.05, 4.69) is 16.6 Å². The second-order valence-electron chi connectivity index (χ2n) is 5.14. The third kappa shape index (κ3) is 3.03. The van der Waals surface area contributed by atoms with Crippen LogP contribution in [-0.4, -0.2) is 41.7 Å². The Morgan fingerprint density at radius 2 is 2.28 bits per heavy atom. The summed E-state index contributed by atoms with van der Waals surface area (Å²) in [6.45, 7) is 3.46. The predicted molar refractivity (Wildman–Crippen MR) is 68.7 cm³/mol. The van der Waals surface area contributed by atoms with Crippen LogP contribution in [0.15, 0.2) is 12.4 Å². The Bertz CT molecular complexity index is 368. The van der Waals surface area contributed by atoms with Gasteiger partial charge in [0.1, 0.15) is 0 Å². The van der Waals surface area contributed by atoms with Crippen LogP contribution in [0.1, 0.15) is 25.7 Å². The van der Waals surface area contributed by atoms with Crippen LogP contribution in [-0.2, 0) is 16.0 Å². The SMILES string of the molecule is c1nn(CC2CCCO2)cc1NC1CCCOC1. The Kier molecular flexibility index (Phi) is 3.81. The van der Waals surface area contributed by atoms with E-state index in [-0.39, 0.29) is 0 Å². The van der Waals surface area contributed by atoms with E-state index in [0.29, 0.717) is 12.1 Å². The zero-order chi connectivity index (χ0) is 12.2. The first-order chi connectivity index (χ1) is 8.90. The van der Waals surface area contributed by atoms with E-state index in [1.165, 1.54) is 12.8 Å². The molecule has 5 heteroatoms. The molecule has 2 aliphatic rings. The quantitative estimate of drug-likeness (QED) is 0.884. The van der Waals surface area contributed by atoms with Gasteiger partial charge < -0.3 is 14.8 Å². The lowest BCUT2D eigenvalue weighted by Gasteiger charge is -2.23. The van der Waals surface area contributed by atoms with Gasteiger partial charge in [-0.25, -0.2) is 0 Å². The molecule has 0 saturated carbocycles. The van der Waals surface area contributed by atoms with Gasteiger partial charge in [-0.3, -0.25) is 4.68 Å². The molecule has 3 rings (SSSR count). The Balaban J connectivity index is 1.52. The van der Waals surface area contributed by atoms with Gasteiger partial charge in [-0.15, -0.1) is 0 Å². The van der Waals surface area contributed by atoms with Crippen LogP contribution in [0.4, 0.5) is 5.69 Å². The zero-order valence-electron chi connectivity index (χ0n) is 10.7. The molecule has 0 amide bonds. The van der Waals surface area contributed by atoms with E-state index >= 15 is 0 Å².